The van der Waals surface area contributed by atoms with Crippen molar-refractivity contribution in [3.05, 3.63) is 68.6 Å². The normalized spacial score (nSPS) is 20.7. The van der Waals surface area contributed by atoms with E-state index in [-0.39, 0.29) is 18.5 Å². The number of benzene rings is 2. The fourth-order valence-electron chi connectivity index (χ4n) is 2.69. The molecule has 0 radical (unpaired) electrons. The summed E-state index contributed by atoms with van der Waals surface area (Å²) in [5.41, 5.74) is 0.554. The third-order valence-electron chi connectivity index (χ3n) is 3.97. The van der Waals surface area contributed by atoms with E-state index < -0.39 is 5.54 Å². The van der Waals surface area contributed by atoms with E-state index in [4.69, 9.17) is 0 Å². The summed E-state index contributed by atoms with van der Waals surface area (Å²) < 4.78 is 1.66. The smallest absolute Gasteiger partial charge is 0.319 e. The van der Waals surface area contributed by atoms with Gasteiger partial charge in [-0.1, -0.05) is 68.3 Å². The molecule has 0 saturated carbocycles. The van der Waals surface area contributed by atoms with Crippen molar-refractivity contribution in [3.63, 3.8) is 0 Å². The first-order valence-electron chi connectivity index (χ1n) is 7.06. The van der Waals surface area contributed by atoms with Gasteiger partial charge in [-0.2, -0.15) is 0 Å². The number of nitrogens with one attached hydrogen (secondary N) is 1. The van der Waals surface area contributed by atoms with Gasteiger partial charge in [0.2, 0.25) is 0 Å². The SMILES string of the molecule is CC1(c2ccccc2Br)NC(=O)N(Cc2ccccc2Br)C1=O. The molecule has 1 aliphatic rings. The van der Waals surface area contributed by atoms with Gasteiger partial charge in [0.1, 0.15) is 5.54 Å². The molecule has 0 bridgehead atoms. The maximum atomic E-state index is 12.9. The zero-order valence-electron chi connectivity index (χ0n) is 12.3. The fourth-order valence-corrected chi connectivity index (χ4v) is 3.78. The lowest BCUT2D eigenvalue weighted by Crippen LogP contribution is -2.41. The molecule has 6 heteroatoms. The first kappa shape index (κ1) is 16.2. The Hall–Kier alpha value is -1.66. The van der Waals surface area contributed by atoms with Crippen molar-refractivity contribution in [1.82, 2.24) is 10.2 Å². The van der Waals surface area contributed by atoms with Gasteiger partial charge in [-0.05, 0) is 24.6 Å². The van der Waals surface area contributed by atoms with E-state index >= 15 is 0 Å². The molecule has 23 heavy (non-hydrogen) atoms. The number of urea groups is 1. The van der Waals surface area contributed by atoms with Crippen molar-refractivity contribution in [1.29, 1.82) is 0 Å². The van der Waals surface area contributed by atoms with Gasteiger partial charge in [0.15, 0.2) is 0 Å². The summed E-state index contributed by atoms with van der Waals surface area (Å²) in [6.45, 7) is 1.96. The van der Waals surface area contributed by atoms with Crippen LogP contribution in [0.25, 0.3) is 0 Å². The van der Waals surface area contributed by atoms with Crippen LogP contribution in [0.1, 0.15) is 18.1 Å². The van der Waals surface area contributed by atoms with Gasteiger partial charge in [-0.3, -0.25) is 9.69 Å². The van der Waals surface area contributed by atoms with Crippen LogP contribution >= 0.6 is 31.9 Å². The molecule has 0 aromatic heterocycles. The Balaban J connectivity index is 1.94. The number of hydrogen-bond acceptors (Lipinski definition) is 2. The molecule has 2 aromatic rings. The Morgan fingerprint density at radius 3 is 2.26 bits per heavy atom. The first-order chi connectivity index (χ1) is 10.9. The molecule has 1 aliphatic heterocycles. The number of rotatable bonds is 3. The lowest BCUT2D eigenvalue weighted by Gasteiger charge is -2.23. The maximum Gasteiger partial charge on any atom is 0.325 e. The zero-order chi connectivity index (χ0) is 16.6. The third-order valence-corrected chi connectivity index (χ3v) is 5.44. The van der Waals surface area contributed by atoms with Gasteiger partial charge in [-0.15, -0.1) is 0 Å². The van der Waals surface area contributed by atoms with Crippen molar-refractivity contribution in [3.8, 4) is 0 Å². The summed E-state index contributed by atoms with van der Waals surface area (Å²) in [5, 5.41) is 2.82. The minimum atomic E-state index is -1.07. The average Bonchev–Trinajstić information content (AvgIpc) is 2.74. The highest BCUT2D eigenvalue weighted by molar-refractivity contribution is 9.10. The summed E-state index contributed by atoms with van der Waals surface area (Å²) >= 11 is 6.91. The predicted molar refractivity (Wildman–Crippen MR) is 94.7 cm³/mol. The molecular weight excluding hydrogens is 424 g/mol. The number of amides is 3. The highest BCUT2D eigenvalue weighted by Crippen LogP contribution is 2.34. The van der Waals surface area contributed by atoms with E-state index in [2.05, 4.69) is 37.2 Å². The number of halogens is 2. The standard InChI is InChI=1S/C17H14Br2N2O2/c1-17(12-7-3-5-9-14(12)19)15(22)21(16(23)20-17)10-11-6-2-4-8-13(11)18/h2-9H,10H2,1H3,(H,20,23). The summed E-state index contributed by atoms with van der Waals surface area (Å²) in [4.78, 5) is 26.5. The van der Waals surface area contributed by atoms with Gasteiger partial charge >= 0.3 is 6.03 Å². The molecule has 1 unspecified atom stereocenters. The second kappa shape index (κ2) is 6.09. The molecule has 1 heterocycles. The van der Waals surface area contributed by atoms with E-state index in [0.717, 1.165) is 20.1 Å². The molecule has 1 fully saturated rings. The van der Waals surface area contributed by atoms with Crippen molar-refractivity contribution in [2.75, 3.05) is 0 Å². The van der Waals surface area contributed by atoms with Gasteiger partial charge in [0, 0.05) is 14.5 Å². The van der Waals surface area contributed by atoms with Crippen LogP contribution in [-0.2, 0) is 16.9 Å². The molecule has 1 saturated heterocycles. The van der Waals surface area contributed by atoms with E-state index in [1.807, 2.05) is 48.5 Å². The molecular formula is C17H14Br2N2O2. The molecule has 0 aliphatic carbocycles. The van der Waals surface area contributed by atoms with E-state index in [1.54, 1.807) is 6.92 Å². The van der Waals surface area contributed by atoms with Crippen LogP contribution in [0, 0.1) is 0 Å². The summed E-state index contributed by atoms with van der Waals surface area (Å²) in [6, 6.07) is 14.6. The lowest BCUT2D eigenvalue weighted by molar-refractivity contribution is -0.131. The van der Waals surface area contributed by atoms with Crippen molar-refractivity contribution in [2.45, 2.75) is 19.0 Å². The van der Waals surface area contributed by atoms with Crippen LogP contribution in [0.4, 0.5) is 4.79 Å². The summed E-state index contributed by atoms with van der Waals surface area (Å²) in [6.07, 6.45) is 0. The lowest BCUT2D eigenvalue weighted by atomic mass is 9.92. The monoisotopic (exact) mass is 436 g/mol. The Labute approximate surface area is 151 Å². The van der Waals surface area contributed by atoms with Crippen molar-refractivity contribution < 1.29 is 9.59 Å². The van der Waals surface area contributed by atoms with Crippen molar-refractivity contribution in [2.24, 2.45) is 0 Å². The minimum Gasteiger partial charge on any atom is -0.319 e. The van der Waals surface area contributed by atoms with E-state index in [0.29, 0.717) is 0 Å². The molecule has 3 amide bonds. The zero-order valence-corrected chi connectivity index (χ0v) is 15.5. The maximum absolute atomic E-state index is 12.9. The fraction of sp³-hybridized carbons (Fsp3) is 0.176. The predicted octanol–water partition coefficient (Wildman–Crippen LogP) is 4.18. The summed E-state index contributed by atoms with van der Waals surface area (Å²) in [7, 11) is 0. The first-order valence-corrected chi connectivity index (χ1v) is 8.64. The van der Waals surface area contributed by atoms with Gasteiger partial charge in [-0.25, -0.2) is 4.79 Å². The topological polar surface area (TPSA) is 49.4 Å². The minimum absolute atomic E-state index is 0.228. The molecule has 2 aromatic carbocycles. The van der Waals surface area contributed by atoms with Crippen molar-refractivity contribution >= 4 is 43.8 Å². The second-order valence-corrected chi connectivity index (χ2v) is 7.23. The Bertz CT molecular complexity index is 794. The van der Waals surface area contributed by atoms with E-state index in [9.17, 15) is 9.59 Å². The Morgan fingerprint density at radius 1 is 1.00 bits per heavy atom. The summed E-state index contributed by atoms with van der Waals surface area (Å²) in [5.74, 6) is -0.259. The van der Waals surface area contributed by atoms with Crippen LogP contribution in [-0.4, -0.2) is 16.8 Å². The van der Waals surface area contributed by atoms with Crippen LogP contribution in [0.2, 0.25) is 0 Å². The Morgan fingerprint density at radius 2 is 1.61 bits per heavy atom. The second-order valence-electron chi connectivity index (χ2n) is 5.52. The highest BCUT2D eigenvalue weighted by atomic mass is 79.9. The molecule has 1 N–H and O–H groups in total. The highest BCUT2D eigenvalue weighted by Gasteiger charge is 2.49. The quantitative estimate of drug-likeness (QED) is 0.732. The van der Waals surface area contributed by atoms with Gasteiger partial charge < -0.3 is 5.32 Å². The van der Waals surface area contributed by atoms with Gasteiger partial charge in [0.05, 0.1) is 6.54 Å². The molecule has 118 valence electrons. The van der Waals surface area contributed by atoms with Crippen LogP contribution in [0.15, 0.2) is 57.5 Å². The van der Waals surface area contributed by atoms with Crippen LogP contribution < -0.4 is 5.32 Å². The molecule has 0 spiro atoms. The third kappa shape index (κ3) is 2.81. The number of carbonyl (C=O) groups excluding carboxylic acids is 2. The van der Waals surface area contributed by atoms with Crippen LogP contribution in [0.5, 0.6) is 0 Å². The molecule has 3 rings (SSSR count). The molecule has 1 atom stereocenters. The molecule has 4 nitrogen and oxygen atoms in total. The van der Waals surface area contributed by atoms with Gasteiger partial charge in [0.25, 0.3) is 5.91 Å². The number of imide groups is 1. The average molecular weight is 438 g/mol. The number of nitrogens with zero attached hydrogens (tertiary/aromatic N) is 1. The largest absolute Gasteiger partial charge is 0.325 e. The number of carbonyl (C=O) groups is 2. The van der Waals surface area contributed by atoms with E-state index in [1.165, 1.54) is 4.90 Å². The number of hydrogen-bond donors (Lipinski definition) is 1. The van der Waals surface area contributed by atoms with Crippen LogP contribution in [0.3, 0.4) is 0 Å². The Kier molecular flexibility index (Phi) is 4.29.